The maximum Gasteiger partial charge on any atom is 0.316 e. The number of oxazole rings is 1. The van der Waals surface area contributed by atoms with E-state index >= 15 is 0 Å². The van der Waals surface area contributed by atoms with Crippen molar-refractivity contribution in [1.29, 1.82) is 0 Å². The van der Waals surface area contributed by atoms with Crippen LogP contribution < -0.4 is 14.9 Å². The molecule has 0 saturated heterocycles. The van der Waals surface area contributed by atoms with Crippen molar-refractivity contribution in [3.05, 3.63) is 48.0 Å². The summed E-state index contributed by atoms with van der Waals surface area (Å²) in [6.07, 6.45) is 1.63. The van der Waals surface area contributed by atoms with Crippen LogP contribution in [0.3, 0.4) is 0 Å². The SMILES string of the molecule is COc1ccc(/C=N\Nc2nc3ccccc3o2)c(OC)c1. The van der Waals surface area contributed by atoms with Gasteiger partial charge in [-0.1, -0.05) is 12.1 Å². The minimum Gasteiger partial charge on any atom is -0.497 e. The standard InChI is InChI=1S/C16H15N3O3/c1-20-12-8-7-11(15(9-12)21-2)10-17-19-16-18-13-5-3-4-6-14(13)22-16/h3-10H,1-2H3,(H,18,19)/b17-10-. The fourth-order valence-corrected chi connectivity index (χ4v) is 2.00. The van der Waals surface area contributed by atoms with E-state index in [-0.39, 0.29) is 0 Å². The summed E-state index contributed by atoms with van der Waals surface area (Å²) < 4.78 is 16.0. The molecular weight excluding hydrogens is 282 g/mol. The maximum atomic E-state index is 5.51. The first-order chi connectivity index (χ1) is 10.8. The minimum atomic E-state index is 0.338. The van der Waals surface area contributed by atoms with Crippen LogP contribution in [0.5, 0.6) is 11.5 Å². The quantitative estimate of drug-likeness (QED) is 0.578. The molecule has 3 aromatic rings. The number of benzene rings is 2. The summed E-state index contributed by atoms with van der Waals surface area (Å²) in [5.41, 5.74) is 5.07. The van der Waals surface area contributed by atoms with E-state index in [2.05, 4.69) is 15.5 Å². The van der Waals surface area contributed by atoms with Gasteiger partial charge in [0.1, 0.15) is 17.0 Å². The van der Waals surface area contributed by atoms with Gasteiger partial charge < -0.3 is 13.9 Å². The Bertz CT molecular complexity index is 778. The van der Waals surface area contributed by atoms with Crippen LogP contribution in [0.1, 0.15) is 5.56 Å². The molecule has 112 valence electrons. The van der Waals surface area contributed by atoms with Crippen LogP contribution in [0.4, 0.5) is 6.01 Å². The highest BCUT2D eigenvalue weighted by molar-refractivity contribution is 5.84. The number of nitrogens with zero attached hydrogens (tertiary/aromatic N) is 2. The van der Waals surface area contributed by atoms with Gasteiger partial charge in [-0.15, -0.1) is 0 Å². The monoisotopic (exact) mass is 297 g/mol. The highest BCUT2D eigenvalue weighted by Crippen LogP contribution is 2.23. The average molecular weight is 297 g/mol. The smallest absolute Gasteiger partial charge is 0.316 e. The molecule has 2 aromatic carbocycles. The molecule has 6 heteroatoms. The fraction of sp³-hybridized carbons (Fsp3) is 0.125. The molecule has 0 atom stereocenters. The topological polar surface area (TPSA) is 68.9 Å². The van der Waals surface area contributed by atoms with Gasteiger partial charge in [0.2, 0.25) is 0 Å². The molecule has 0 aliphatic heterocycles. The van der Waals surface area contributed by atoms with Crippen LogP contribution in [0.25, 0.3) is 11.1 Å². The zero-order chi connectivity index (χ0) is 15.4. The van der Waals surface area contributed by atoms with E-state index in [1.165, 1.54) is 0 Å². The molecule has 0 aliphatic carbocycles. The van der Waals surface area contributed by atoms with Crippen molar-refractivity contribution in [3.8, 4) is 11.5 Å². The second-order valence-corrected chi connectivity index (χ2v) is 4.46. The molecule has 0 amide bonds. The lowest BCUT2D eigenvalue weighted by Gasteiger charge is -2.06. The molecule has 0 radical (unpaired) electrons. The predicted molar refractivity (Wildman–Crippen MR) is 84.8 cm³/mol. The molecule has 0 bridgehead atoms. The van der Waals surface area contributed by atoms with Crippen molar-refractivity contribution in [3.63, 3.8) is 0 Å². The van der Waals surface area contributed by atoms with Crippen molar-refractivity contribution < 1.29 is 13.9 Å². The van der Waals surface area contributed by atoms with E-state index in [1.807, 2.05) is 36.4 Å². The van der Waals surface area contributed by atoms with Gasteiger partial charge in [-0.3, -0.25) is 0 Å². The summed E-state index contributed by atoms with van der Waals surface area (Å²) >= 11 is 0. The van der Waals surface area contributed by atoms with Gasteiger partial charge in [0.15, 0.2) is 5.58 Å². The summed E-state index contributed by atoms with van der Waals surface area (Å²) in [5.74, 6) is 1.39. The van der Waals surface area contributed by atoms with Gasteiger partial charge in [0, 0.05) is 11.6 Å². The summed E-state index contributed by atoms with van der Waals surface area (Å²) in [5, 5.41) is 4.12. The highest BCUT2D eigenvalue weighted by atomic mass is 16.5. The lowest BCUT2D eigenvalue weighted by molar-refractivity contribution is 0.394. The Morgan fingerprint density at radius 2 is 2.00 bits per heavy atom. The maximum absolute atomic E-state index is 5.51. The van der Waals surface area contributed by atoms with Crippen molar-refractivity contribution in [1.82, 2.24) is 4.98 Å². The fourth-order valence-electron chi connectivity index (χ4n) is 2.00. The Morgan fingerprint density at radius 1 is 1.14 bits per heavy atom. The third kappa shape index (κ3) is 2.85. The molecule has 6 nitrogen and oxygen atoms in total. The zero-order valence-electron chi connectivity index (χ0n) is 12.2. The lowest BCUT2D eigenvalue weighted by atomic mass is 10.2. The molecule has 1 aromatic heterocycles. The normalized spacial score (nSPS) is 11.0. The van der Waals surface area contributed by atoms with Crippen molar-refractivity contribution >= 4 is 23.3 Å². The van der Waals surface area contributed by atoms with E-state index in [1.54, 1.807) is 26.5 Å². The second-order valence-electron chi connectivity index (χ2n) is 4.46. The lowest BCUT2D eigenvalue weighted by Crippen LogP contribution is -1.95. The largest absolute Gasteiger partial charge is 0.497 e. The van der Waals surface area contributed by atoms with Crippen LogP contribution in [0.2, 0.25) is 0 Å². The number of hydrogen-bond donors (Lipinski definition) is 1. The summed E-state index contributed by atoms with van der Waals surface area (Å²) in [4.78, 5) is 4.27. The Balaban J connectivity index is 1.76. The Morgan fingerprint density at radius 3 is 2.77 bits per heavy atom. The minimum absolute atomic E-state index is 0.338. The average Bonchev–Trinajstić information content (AvgIpc) is 2.97. The van der Waals surface area contributed by atoms with Gasteiger partial charge in [-0.2, -0.15) is 10.1 Å². The number of ether oxygens (including phenoxy) is 2. The first-order valence-corrected chi connectivity index (χ1v) is 6.67. The number of hydrazone groups is 1. The van der Waals surface area contributed by atoms with E-state index < -0.39 is 0 Å². The molecule has 1 N–H and O–H groups in total. The van der Waals surface area contributed by atoms with Crippen LogP contribution in [-0.4, -0.2) is 25.4 Å². The van der Waals surface area contributed by atoms with Crippen LogP contribution in [-0.2, 0) is 0 Å². The molecule has 0 saturated carbocycles. The van der Waals surface area contributed by atoms with Crippen molar-refractivity contribution in [2.24, 2.45) is 5.10 Å². The van der Waals surface area contributed by atoms with Gasteiger partial charge in [0.25, 0.3) is 0 Å². The first kappa shape index (κ1) is 13.9. The van der Waals surface area contributed by atoms with Gasteiger partial charge >= 0.3 is 6.01 Å². The Hall–Kier alpha value is -3.02. The Labute approximate surface area is 127 Å². The number of anilines is 1. The number of para-hydroxylation sites is 2. The number of rotatable bonds is 5. The molecule has 0 fully saturated rings. The van der Waals surface area contributed by atoms with E-state index in [9.17, 15) is 0 Å². The van der Waals surface area contributed by atoms with E-state index in [0.29, 0.717) is 17.3 Å². The zero-order valence-corrected chi connectivity index (χ0v) is 12.2. The molecule has 1 heterocycles. The van der Waals surface area contributed by atoms with Gasteiger partial charge in [-0.05, 0) is 24.3 Å². The number of methoxy groups -OCH3 is 2. The third-order valence-corrected chi connectivity index (χ3v) is 3.10. The number of fused-ring (bicyclic) bond motifs is 1. The summed E-state index contributed by atoms with van der Waals surface area (Å²) in [6, 6.07) is 13.3. The van der Waals surface area contributed by atoms with Gasteiger partial charge in [-0.25, -0.2) is 5.43 Å². The molecule has 0 unspecified atom stereocenters. The highest BCUT2D eigenvalue weighted by Gasteiger charge is 2.04. The predicted octanol–water partition coefficient (Wildman–Crippen LogP) is 3.29. The first-order valence-electron chi connectivity index (χ1n) is 6.67. The van der Waals surface area contributed by atoms with E-state index in [0.717, 1.165) is 16.8 Å². The van der Waals surface area contributed by atoms with E-state index in [4.69, 9.17) is 13.9 Å². The van der Waals surface area contributed by atoms with Crippen molar-refractivity contribution in [2.75, 3.05) is 19.6 Å². The summed E-state index contributed by atoms with van der Waals surface area (Å²) in [7, 11) is 3.21. The van der Waals surface area contributed by atoms with Crippen LogP contribution >= 0.6 is 0 Å². The second kappa shape index (κ2) is 6.17. The molecule has 3 rings (SSSR count). The third-order valence-electron chi connectivity index (χ3n) is 3.10. The van der Waals surface area contributed by atoms with Crippen LogP contribution in [0.15, 0.2) is 52.0 Å². The summed E-state index contributed by atoms with van der Waals surface area (Å²) in [6.45, 7) is 0. The van der Waals surface area contributed by atoms with Gasteiger partial charge in [0.05, 0.1) is 20.4 Å². The number of nitrogens with one attached hydrogen (secondary N) is 1. The molecule has 0 spiro atoms. The molecule has 22 heavy (non-hydrogen) atoms. The number of hydrogen-bond acceptors (Lipinski definition) is 6. The number of aromatic nitrogens is 1. The Kier molecular flexibility index (Phi) is 3.91. The molecular formula is C16H15N3O3. The van der Waals surface area contributed by atoms with Crippen LogP contribution in [0, 0.1) is 0 Å². The molecule has 0 aliphatic rings. The van der Waals surface area contributed by atoms with Crippen molar-refractivity contribution in [2.45, 2.75) is 0 Å².